The van der Waals surface area contributed by atoms with Crippen LogP contribution in [0.5, 0.6) is 0 Å². The van der Waals surface area contributed by atoms with Crippen LogP contribution in [-0.4, -0.2) is 28.0 Å². The van der Waals surface area contributed by atoms with E-state index in [-0.39, 0.29) is 45.9 Å². The van der Waals surface area contributed by atoms with Crippen LogP contribution in [0.15, 0.2) is 4.99 Å². The van der Waals surface area contributed by atoms with Crippen LogP contribution >= 0.6 is 11.8 Å². The fourth-order valence-corrected chi connectivity index (χ4v) is 3.67. The Hall–Kier alpha value is 0.380. The van der Waals surface area contributed by atoms with Gasteiger partial charge in [0, 0.05) is 5.25 Å². The number of aliphatic imine (C=N–C) groups is 1. The predicted octanol–water partition coefficient (Wildman–Crippen LogP) is -1.13. The summed E-state index contributed by atoms with van der Waals surface area (Å²) < 4.78 is 0. The third-order valence-electron chi connectivity index (χ3n) is 3.33. The number of carbonyl (C=O) groups excluding carboxylic acids is 2. The molecule has 0 aromatic rings. The fourth-order valence-electron chi connectivity index (χ4n) is 2.03. The zero-order valence-electron chi connectivity index (χ0n) is 12.0. The number of carbonyl (C=O) groups is 2. The molecule has 1 N–H and O–H groups in total. The molecule has 0 aromatic carbocycles. The van der Waals surface area contributed by atoms with Crippen molar-refractivity contribution in [2.45, 2.75) is 45.3 Å². The van der Waals surface area contributed by atoms with Crippen molar-refractivity contribution in [2.24, 2.45) is 10.4 Å². The Kier molecular flexibility index (Phi) is 8.79. The normalized spacial score (nSPS) is 24.3. The molecule has 4 nitrogen and oxygen atoms in total. The third kappa shape index (κ3) is 4.17. The van der Waals surface area contributed by atoms with Gasteiger partial charge in [0.2, 0.25) is 5.91 Å². The topological polar surface area (TPSA) is 58.5 Å². The summed E-state index contributed by atoms with van der Waals surface area (Å²) in [4.78, 5) is 28.0. The monoisotopic (exact) mass is 310 g/mol. The fraction of sp³-hybridized carbons (Fsp3) is 0.750. The number of unbranched alkanes of at least 4 members (excludes halogenated alkanes) is 1. The second kappa shape index (κ2) is 8.62. The van der Waals surface area contributed by atoms with E-state index in [0.717, 1.165) is 18.6 Å². The van der Waals surface area contributed by atoms with Gasteiger partial charge in [-0.05, 0) is 23.8 Å². The van der Waals surface area contributed by atoms with E-state index in [0.29, 0.717) is 6.42 Å². The van der Waals surface area contributed by atoms with Crippen molar-refractivity contribution >= 4 is 41.4 Å². The molecule has 0 radical (unpaired) electrons. The number of nitrogens with one attached hydrogen (secondary N) is 1. The number of thioether (sulfide) groups is 1. The maximum absolute atomic E-state index is 12.1. The molecule has 1 aliphatic heterocycles. The molecule has 102 valence electrons. The Morgan fingerprint density at radius 3 is 2.53 bits per heavy atom. The minimum atomic E-state index is -1.05. The predicted molar refractivity (Wildman–Crippen MR) is 77.5 cm³/mol. The summed E-state index contributed by atoms with van der Waals surface area (Å²) >= 11 is 6.43. The molecule has 1 heterocycles. The van der Waals surface area contributed by atoms with Gasteiger partial charge < -0.3 is 17.9 Å². The number of amides is 2. The molecule has 2 unspecified atom stereocenters. The van der Waals surface area contributed by atoms with E-state index < -0.39 is 11.3 Å². The van der Waals surface area contributed by atoms with Gasteiger partial charge in [0.05, 0.1) is 0 Å². The van der Waals surface area contributed by atoms with Crippen LogP contribution in [0.3, 0.4) is 0 Å². The van der Waals surface area contributed by atoms with Crippen LogP contribution in [-0.2, 0) is 22.2 Å². The van der Waals surface area contributed by atoms with Crippen molar-refractivity contribution in [3.8, 4) is 0 Å². The average Bonchev–Trinajstić information content (AvgIpc) is 2.29. The van der Waals surface area contributed by atoms with Crippen LogP contribution in [0.2, 0.25) is 0 Å². The van der Waals surface area contributed by atoms with E-state index in [1.165, 1.54) is 0 Å². The molecule has 0 saturated carbocycles. The van der Waals surface area contributed by atoms with Gasteiger partial charge in [0.1, 0.15) is 5.41 Å². The van der Waals surface area contributed by atoms with Gasteiger partial charge in [-0.15, -0.1) is 0 Å². The quantitative estimate of drug-likeness (QED) is 0.292. The van der Waals surface area contributed by atoms with E-state index in [1.807, 2.05) is 13.8 Å². The first kappa shape index (κ1) is 19.4. The molecule has 2 atom stereocenters. The largest absolute Gasteiger partial charge is 1.00 e. The van der Waals surface area contributed by atoms with Gasteiger partial charge in [-0.3, -0.25) is 9.59 Å². The van der Waals surface area contributed by atoms with Gasteiger partial charge in [-0.2, -0.15) is 11.8 Å². The summed E-state index contributed by atoms with van der Waals surface area (Å²) in [6.45, 7) is 5.89. The van der Waals surface area contributed by atoms with E-state index in [1.54, 1.807) is 11.8 Å². The zero-order chi connectivity index (χ0) is 13.8. The minimum absolute atomic E-state index is 0. The number of rotatable bonds is 6. The maximum atomic E-state index is 12.1. The molecule has 7 heteroatoms. The Labute approximate surface area is 146 Å². The molecule has 0 aromatic heterocycles. The SMILES string of the molecule is CCCCSC(C)C1(CC)C(=O)N=C([S-])NC1=O.[Na+]. The van der Waals surface area contributed by atoms with Crippen molar-refractivity contribution < 1.29 is 39.1 Å². The number of nitrogens with zero attached hydrogens (tertiary/aromatic N) is 1. The molecule has 0 saturated heterocycles. The Morgan fingerprint density at radius 2 is 2.05 bits per heavy atom. The van der Waals surface area contributed by atoms with E-state index >= 15 is 0 Å². The van der Waals surface area contributed by atoms with Gasteiger partial charge in [0.25, 0.3) is 5.91 Å². The average molecular weight is 310 g/mol. The number of hydrogen-bond donors (Lipinski definition) is 1. The van der Waals surface area contributed by atoms with E-state index in [4.69, 9.17) is 12.6 Å². The first-order chi connectivity index (χ1) is 8.48. The van der Waals surface area contributed by atoms with Crippen molar-refractivity contribution in [2.75, 3.05) is 5.75 Å². The van der Waals surface area contributed by atoms with Crippen LogP contribution in [0.4, 0.5) is 0 Å². The van der Waals surface area contributed by atoms with Crippen molar-refractivity contribution in [1.29, 1.82) is 0 Å². The van der Waals surface area contributed by atoms with Crippen molar-refractivity contribution in [3.05, 3.63) is 0 Å². The van der Waals surface area contributed by atoms with Crippen LogP contribution < -0.4 is 34.9 Å². The molecule has 1 rings (SSSR count). The van der Waals surface area contributed by atoms with Gasteiger partial charge in [-0.25, -0.2) is 4.99 Å². The molecule has 2 amide bonds. The second-order valence-corrected chi connectivity index (χ2v) is 6.20. The molecule has 0 spiro atoms. The summed E-state index contributed by atoms with van der Waals surface area (Å²) in [5, 5.41) is 2.41. The summed E-state index contributed by atoms with van der Waals surface area (Å²) in [7, 11) is 0. The van der Waals surface area contributed by atoms with Gasteiger partial charge in [0.15, 0.2) is 0 Å². The van der Waals surface area contributed by atoms with Gasteiger partial charge >= 0.3 is 29.6 Å². The van der Waals surface area contributed by atoms with E-state index in [9.17, 15) is 9.59 Å². The molecule has 1 aliphatic rings. The zero-order valence-corrected chi connectivity index (χ0v) is 15.6. The summed E-state index contributed by atoms with van der Waals surface area (Å²) in [5.74, 6) is 0.256. The van der Waals surface area contributed by atoms with E-state index in [2.05, 4.69) is 17.2 Å². The van der Waals surface area contributed by atoms with Crippen molar-refractivity contribution in [1.82, 2.24) is 5.32 Å². The molecule has 0 aliphatic carbocycles. The number of amidine groups is 1. The standard InChI is InChI=1S/C12H20N2O2S2.Na/c1-4-6-7-18-8(3)12(5-2)9(15)13-11(17)14-10(12)16;/h8H,4-7H2,1-3H3,(H2,13,14,15,16,17);/q;+1/p-1. The van der Waals surface area contributed by atoms with Gasteiger partial charge in [-0.1, -0.05) is 27.2 Å². The first-order valence-corrected chi connectivity index (χ1v) is 7.67. The van der Waals surface area contributed by atoms with Crippen LogP contribution in [0, 0.1) is 5.41 Å². The molecule has 19 heavy (non-hydrogen) atoms. The Balaban J connectivity index is 0.00000324. The molecule has 0 fully saturated rings. The summed E-state index contributed by atoms with van der Waals surface area (Å²) in [6, 6.07) is 0. The second-order valence-electron chi connectivity index (χ2n) is 4.37. The Bertz CT molecular complexity index is 377. The van der Waals surface area contributed by atoms with Crippen LogP contribution in [0.25, 0.3) is 0 Å². The number of hydrogen-bond acceptors (Lipinski definition) is 4. The Morgan fingerprint density at radius 1 is 1.42 bits per heavy atom. The summed E-state index contributed by atoms with van der Waals surface area (Å²) in [5.41, 5.74) is -1.05. The first-order valence-electron chi connectivity index (χ1n) is 6.22. The molecule has 0 bridgehead atoms. The minimum Gasteiger partial charge on any atom is -0.742 e. The smallest absolute Gasteiger partial charge is 0.742 e. The molecular weight excluding hydrogens is 291 g/mol. The van der Waals surface area contributed by atoms with Crippen molar-refractivity contribution in [3.63, 3.8) is 0 Å². The van der Waals surface area contributed by atoms with Crippen LogP contribution in [0.1, 0.15) is 40.0 Å². The third-order valence-corrected chi connectivity index (χ3v) is 4.95. The summed E-state index contributed by atoms with van der Waals surface area (Å²) in [6.07, 6.45) is 2.64. The maximum Gasteiger partial charge on any atom is 1.00 e. The molecular formula is C12H19N2NaO2S2.